The fourth-order valence-electron chi connectivity index (χ4n) is 8.45. The van der Waals surface area contributed by atoms with Crippen LogP contribution in [0.25, 0.3) is 11.1 Å². The van der Waals surface area contributed by atoms with E-state index < -0.39 is 30.1 Å². The third kappa shape index (κ3) is 6.15. The third-order valence-corrected chi connectivity index (χ3v) is 11.1. The SMILES string of the molecule is C=C1C2C[C@@H]1C[C@H](NC(=O)[C@@H]1[C@H]([C@H](C)O)[C@H](CO)ON1Cc1cccc(-c3cc(C(=O)O)cc(N4CCC[C@@H]4CO)c3)c1OC)[C@H]2C. The van der Waals surface area contributed by atoms with Crippen LogP contribution in [0.15, 0.2) is 48.6 Å². The number of hydroxylamine groups is 2. The molecule has 2 aliphatic heterocycles. The van der Waals surface area contributed by atoms with Crippen LogP contribution < -0.4 is 15.0 Å². The molecular weight excluding hydrogens is 602 g/mol. The maximum atomic E-state index is 14.0. The number of aromatic carboxylic acids is 1. The minimum atomic E-state index is -1.06. The first kappa shape index (κ1) is 33.4. The zero-order valence-electron chi connectivity index (χ0n) is 27.3. The van der Waals surface area contributed by atoms with Gasteiger partial charge >= 0.3 is 5.97 Å². The molecular formula is C36H47N3O8. The number of para-hydroxylation sites is 1. The minimum absolute atomic E-state index is 0.0176. The topological polar surface area (TPSA) is 152 Å². The number of nitrogens with one attached hydrogen (secondary N) is 1. The van der Waals surface area contributed by atoms with E-state index in [-0.39, 0.29) is 49.2 Å². The molecule has 7 rings (SSSR count). The number of ether oxygens (including phenoxy) is 1. The number of fused-ring (bicyclic) bond motifs is 2. The van der Waals surface area contributed by atoms with Gasteiger partial charge in [-0.3, -0.25) is 9.63 Å². The van der Waals surface area contributed by atoms with Crippen LogP contribution in [-0.4, -0.2) is 94.6 Å². The van der Waals surface area contributed by atoms with Crippen LogP contribution in [0, 0.1) is 23.7 Å². The number of aliphatic hydroxyl groups excluding tert-OH is 3. The Balaban J connectivity index is 1.32. The number of carboxylic acids is 1. The van der Waals surface area contributed by atoms with E-state index in [1.54, 1.807) is 26.2 Å². The number of allylic oxidation sites excluding steroid dienone is 1. The number of methoxy groups -OCH3 is 1. The molecule has 2 aromatic rings. The molecule has 3 saturated carbocycles. The van der Waals surface area contributed by atoms with Crippen molar-refractivity contribution in [1.82, 2.24) is 10.4 Å². The predicted octanol–water partition coefficient (Wildman–Crippen LogP) is 3.21. The first-order valence-corrected chi connectivity index (χ1v) is 16.7. The van der Waals surface area contributed by atoms with Crippen molar-refractivity contribution in [2.24, 2.45) is 23.7 Å². The second-order valence-corrected chi connectivity index (χ2v) is 13.7. The van der Waals surface area contributed by atoms with Gasteiger partial charge in [-0.2, -0.15) is 5.06 Å². The summed E-state index contributed by atoms with van der Waals surface area (Å²) in [7, 11) is 1.54. The molecule has 2 heterocycles. The number of anilines is 1. The Morgan fingerprint density at radius 3 is 2.60 bits per heavy atom. The van der Waals surface area contributed by atoms with Gasteiger partial charge in [0.25, 0.3) is 0 Å². The summed E-state index contributed by atoms with van der Waals surface area (Å²) in [5.41, 5.74) is 4.10. The Kier molecular flexibility index (Phi) is 9.64. The molecule has 0 radical (unpaired) electrons. The number of hydrogen-bond donors (Lipinski definition) is 5. The van der Waals surface area contributed by atoms with E-state index in [1.165, 1.54) is 10.6 Å². The van der Waals surface area contributed by atoms with Crippen molar-refractivity contribution in [3.8, 4) is 16.9 Å². The molecule has 5 N–H and O–H groups in total. The lowest BCUT2D eigenvalue weighted by molar-refractivity contribution is -0.182. The lowest BCUT2D eigenvalue weighted by atomic mass is 9.56. The van der Waals surface area contributed by atoms with Crippen molar-refractivity contribution in [3.05, 3.63) is 59.7 Å². The Labute approximate surface area is 275 Å². The summed E-state index contributed by atoms with van der Waals surface area (Å²) < 4.78 is 5.94. The number of amides is 1. The molecule has 2 bridgehead atoms. The van der Waals surface area contributed by atoms with Crippen LogP contribution in [0.5, 0.6) is 5.75 Å². The highest BCUT2D eigenvalue weighted by molar-refractivity contribution is 5.92. The fraction of sp³-hybridized carbons (Fsp3) is 0.556. The second-order valence-electron chi connectivity index (χ2n) is 13.7. The van der Waals surface area contributed by atoms with E-state index in [0.29, 0.717) is 46.5 Å². The van der Waals surface area contributed by atoms with E-state index >= 15 is 0 Å². The summed E-state index contributed by atoms with van der Waals surface area (Å²) in [5, 5.41) is 45.7. The van der Waals surface area contributed by atoms with Crippen molar-refractivity contribution in [3.63, 3.8) is 0 Å². The van der Waals surface area contributed by atoms with Gasteiger partial charge in [0.15, 0.2) is 0 Å². The summed E-state index contributed by atoms with van der Waals surface area (Å²) in [4.78, 5) is 34.5. The predicted molar refractivity (Wildman–Crippen MR) is 176 cm³/mol. The van der Waals surface area contributed by atoms with Gasteiger partial charge in [-0.05, 0) is 74.1 Å². The number of carbonyl (C=O) groups excluding carboxylic acids is 1. The zero-order chi connectivity index (χ0) is 33.6. The van der Waals surface area contributed by atoms with Crippen LogP contribution in [0.3, 0.4) is 0 Å². The summed E-state index contributed by atoms with van der Waals surface area (Å²) in [6.07, 6.45) is 1.96. The van der Waals surface area contributed by atoms with E-state index in [4.69, 9.17) is 9.57 Å². The summed E-state index contributed by atoms with van der Waals surface area (Å²) in [5.74, 6) is -0.426. The Bertz CT molecular complexity index is 1510. The number of nitrogens with zero attached hydrogens (tertiary/aromatic N) is 2. The van der Waals surface area contributed by atoms with Gasteiger partial charge in [0, 0.05) is 35.3 Å². The van der Waals surface area contributed by atoms with Gasteiger partial charge in [0.05, 0.1) is 44.6 Å². The van der Waals surface area contributed by atoms with Crippen LogP contribution in [0.2, 0.25) is 0 Å². The summed E-state index contributed by atoms with van der Waals surface area (Å²) in [6, 6.07) is 9.74. The normalized spacial score (nSPS) is 31.0. The minimum Gasteiger partial charge on any atom is -0.496 e. The van der Waals surface area contributed by atoms with Crippen LogP contribution >= 0.6 is 0 Å². The highest BCUT2D eigenvalue weighted by Gasteiger charge is 2.52. The van der Waals surface area contributed by atoms with Gasteiger partial charge < -0.3 is 35.4 Å². The smallest absolute Gasteiger partial charge is 0.335 e. The van der Waals surface area contributed by atoms with Gasteiger partial charge in [-0.25, -0.2) is 4.79 Å². The first-order valence-electron chi connectivity index (χ1n) is 16.7. The standard InChI is InChI=1S/C36H47N3O8/c1-19-23-14-29(19)20(2)30(15-23)37-35(43)33-32(21(3)42)31(18-41)47-39(33)16-22-7-5-9-28(34(22)46-4)24-11-25(36(44)45)13-27(12-24)38-10-6-8-26(38)17-40/h5,7,9,11-13,20-21,23,26,29-33,40-42H,1,6,8,10,14-18H2,2-4H3,(H,37,43)(H,44,45)/t20-,21-,23+,26+,29?,30-,31-,32+,33-/m0/s1. The van der Waals surface area contributed by atoms with E-state index in [1.807, 2.05) is 29.2 Å². The summed E-state index contributed by atoms with van der Waals surface area (Å²) in [6.45, 7) is 8.44. The average Bonchev–Trinajstić information content (AvgIpc) is 3.69. The highest BCUT2D eigenvalue weighted by atomic mass is 16.7. The molecule has 47 heavy (non-hydrogen) atoms. The van der Waals surface area contributed by atoms with Crippen molar-refractivity contribution in [2.45, 2.75) is 76.4 Å². The zero-order valence-corrected chi connectivity index (χ0v) is 27.3. The molecule has 0 aromatic heterocycles. The highest BCUT2D eigenvalue weighted by Crippen LogP contribution is 2.52. The van der Waals surface area contributed by atoms with E-state index in [9.17, 15) is 30.0 Å². The second kappa shape index (κ2) is 13.6. The Hall–Kier alpha value is -3.48. The molecule has 2 aromatic carbocycles. The molecule has 1 unspecified atom stereocenters. The summed E-state index contributed by atoms with van der Waals surface area (Å²) >= 11 is 0. The van der Waals surface area contributed by atoms with Crippen molar-refractivity contribution < 1.29 is 39.6 Å². The molecule has 11 nitrogen and oxygen atoms in total. The van der Waals surface area contributed by atoms with E-state index in [0.717, 1.165) is 25.7 Å². The Morgan fingerprint density at radius 2 is 1.96 bits per heavy atom. The number of hydrogen-bond acceptors (Lipinski definition) is 9. The van der Waals surface area contributed by atoms with Crippen molar-refractivity contribution in [2.75, 3.05) is 31.8 Å². The average molecular weight is 650 g/mol. The van der Waals surface area contributed by atoms with Crippen molar-refractivity contribution in [1.29, 1.82) is 0 Å². The largest absolute Gasteiger partial charge is 0.496 e. The molecule has 254 valence electrons. The number of rotatable bonds is 11. The molecule has 5 aliphatic rings. The van der Waals surface area contributed by atoms with Crippen LogP contribution in [0.1, 0.15) is 55.5 Å². The molecule has 11 heteroatoms. The number of aliphatic hydroxyl groups is 3. The van der Waals surface area contributed by atoms with Gasteiger partial charge in [0.1, 0.15) is 17.9 Å². The molecule has 3 aliphatic carbocycles. The maximum Gasteiger partial charge on any atom is 0.335 e. The van der Waals surface area contributed by atoms with Crippen LogP contribution in [0.4, 0.5) is 5.69 Å². The van der Waals surface area contributed by atoms with Crippen molar-refractivity contribution >= 4 is 17.6 Å². The fourth-order valence-corrected chi connectivity index (χ4v) is 8.45. The third-order valence-electron chi connectivity index (χ3n) is 11.1. The molecule has 0 spiro atoms. The number of carboxylic acid groups (broad SMARTS) is 1. The first-order chi connectivity index (χ1) is 22.6. The van der Waals surface area contributed by atoms with Gasteiger partial charge in [-0.15, -0.1) is 0 Å². The van der Waals surface area contributed by atoms with Gasteiger partial charge in [0.2, 0.25) is 5.91 Å². The lowest BCUT2D eigenvalue weighted by Crippen LogP contribution is -2.57. The molecule has 9 atom stereocenters. The van der Waals surface area contributed by atoms with E-state index in [2.05, 4.69) is 18.8 Å². The number of benzene rings is 2. The molecule has 5 fully saturated rings. The number of carbonyl (C=O) groups is 2. The Morgan fingerprint density at radius 1 is 1.17 bits per heavy atom. The molecule has 1 amide bonds. The monoisotopic (exact) mass is 649 g/mol. The van der Waals surface area contributed by atoms with Crippen LogP contribution in [-0.2, 0) is 16.2 Å². The quantitative estimate of drug-likeness (QED) is 0.230. The van der Waals surface area contributed by atoms with Gasteiger partial charge in [-0.1, -0.05) is 37.3 Å². The maximum absolute atomic E-state index is 14.0. The molecule has 2 saturated heterocycles. The lowest BCUT2D eigenvalue weighted by Gasteiger charge is -2.52.